The molecule has 4 rings (SSSR count). The number of ether oxygens (including phenoxy) is 1. The number of carbonyl (C=O) groups is 1. The molecule has 2 aromatic rings. The van der Waals surface area contributed by atoms with Crippen LogP contribution in [0.1, 0.15) is 36.5 Å². The molecule has 2 fully saturated rings. The van der Waals surface area contributed by atoms with Gasteiger partial charge >= 0.3 is 11.7 Å². The zero-order valence-corrected chi connectivity index (χ0v) is 15.6. The van der Waals surface area contributed by atoms with E-state index in [0.29, 0.717) is 43.5 Å². The van der Waals surface area contributed by atoms with Crippen molar-refractivity contribution in [1.82, 2.24) is 19.0 Å². The van der Waals surface area contributed by atoms with Crippen LogP contribution in [0.5, 0.6) is 0 Å². The smallest absolute Gasteiger partial charge is 0.337 e. The molecule has 1 saturated carbocycles. The third kappa shape index (κ3) is 3.39. The molecule has 2 aromatic heterocycles. The lowest BCUT2D eigenvalue weighted by atomic mass is 10.1. The average molecular weight is 374 g/mol. The summed E-state index contributed by atoms with van der Waals surface area (Å²) >= 11 is 0. The normalized spacial score (nSPS) is 22.1. The number of fused-ring (bicyclic) bond motifs is 3. The number of hydrogen-bond donors (Lipinski definition) is 1. The van der Waals surface area contributed by atoms with Crippen LogP contribution < -0.4 is 5.69 Å². The molecule has 0 amide bonds. The summed E-state index contributed by atoms with van der Waals surface area (Å²) in [6, 6.07) is 2.20. The van der Waals surface area contributed by atoms with Crippen molar-refractivity contribution in [3.8, 4) is 0 Å². The molecule has 0 spiro atoms. The fraction of sp³-hybridized carbons (Fsp3) is 0.632. The fourth-order valence-corrected chi connectivity index (χ4v) is 4.56. The largest absolute Gasteiger partial charge is 0.478 e. The van der Waals surface area contributed by atoms with Crippen molar-refractivity contribution in [3.05, 3.63) is 28.3 Å². The predicted molar refractivity (Wildman–Crippen MR) is 100 cm³/mol. The Balaban J connectivity index is 1.64. The third-order valence-electron chi connectivity index (χ3n) is 5.90. The van der Waals surface area contributed by atoms with Crippen LogP contribution in [0, 0.1) is 5.92 Å². The van der Waals surface area contributed by atoms with Crippen molar-refractivity contribution >= 4 is 17.1 Å². The van der Waals surface area contributed by atoms with E-state index < -0.39 is 5.97 Å². The molecule has 146 valence electrons. The summed E-state index contributed by atoms with van der Waals surface area (Å²) in [5, 5.41) is 9.30. The summed E-state index contributed by atoms with van der Waals surface area (Å²) < 4.78 is 8.65. The number of carboxylic acid groups (broad SMARTS) is 1. The summed E-state index contributed by atoms with van der Waals surface area (Å²) in [6.07, 6.45) is 5.16. The molecule has 0 aromatic carbocycles. The van der Waals surface area contributed by atoms with Crippen LogP contribution in [0.25, 0.3) is 11.2 Å². The molecule has 27 heavy (non-hydrogen) atoms. The maximum Gasteiger partial charge on any atom is 0.337 e. The van der Waals surface area contributed by atoms with Crippen molar-refractivity contribution in [2.24, 2.45) is 5.92 Å². The molecular formula is C19H26N4O4. The number of likely N-dealkylation sites (tertiary alicyclic amines) is 1. The Hall–Kier alpha value is -2.19. The van der Waals surface area contributed by atoms with Crippen LogP contribution in [0.4, 0.5) is 0 Å². The van der Waals surface area contributed by atoms with Gasteiger partial charge in [-0.1, -0.05) is 0 Å². The predicted octanol–water partition coefficient (Wildman–Crippen LogP) is 1.42. The first-order valence-electron chi connectivity index (χ1n) is 9.72. The number of nitrogens with zero attached hydrogens (tertiary/aromatic N) is 4. The molecule has 8 nitrogen and oxygen atoms in total. The number of imidazole rings is 1. The minimum absolute atomic E-state index is 0.0958. The Bertz CT molecular complexity index is 903. The maximum atomic E-state index is 13.0. The number of aromatic carboxylic acids is 1. The SMILES string of the molecule is CCOCCn1c(=O)n(CCN2C[C@@H]3CC[C@@H]2C3)c2cc(C(=O)O)cnc21. The first-order valence-corrected chi connectivity index (χ1v) is 9.72. The highest BCUT2D eigenvalue weighted by molar-refractivity contribution is 5.90. The first-order chi connectivity index (χ1) is 13.1. The van der Waals surface area contributed by atoms with E-state index in [0.717, 1.165) is 19.0 Å². The number of piperidine rings is 1. The molecule has 1 aliphatic carbocycles. The summed E-state index contributed by atoms with van der Waals surface area (Å²) in [6.45, 7) is 5.79. The Morgan fingerprint density at radius 1 is 1.30 bits per heavy atom. The number of aromatic nitrogens is 3. The molecule has 3 heterocycles. The van der Waals surface area contributed by atoms with Gasteiger partial charge in [0.15, 0.2) is 5.65 Å². The highest BCUT2D eigenvalue weighted by Crippen LogP contribution is 2.37. The molecule has 1 aliphatic heterocycles. The second kappa shape index (κ2) is 7.44. The van der Waals surface area contributed by atoms with Crippen molar-refractivity contribution in [2.75, 3.05) is 26.3 Å². The van der Waals surface area contributed by atoms with E-state index in [1.807, 2.05) is 6.92 Å². The highest BCUT2D eigenvalue weighted by atomic mass is 16.5. The summed E-state index contributed by atoms with van der Waals surface area (Å²) in [7, 11) is 0. The van der Waals surface area contributed by atoms with E-state index >= 15 is 0 Å². The molecule has 1 N–H and O–H groups in total. The van der Waals surface area contributed by atoms with Crippen LogP contribution in [0.3, 0.4) is 0 Å². The number of hydrogen-bond acceptors (Lipinski definition) is 5. The minimum Gasteiger partial charge on any atom is -0.478 e. The second-order valence-electron chi connectivity index (χ2n) is 7.48. The van der Waals surface area contributed by atoms with Gasteiger partial charge in [0.25, 0.3) is 0 Å². The van der Waals surface area contributed by atoms with Gasteiger partial charge in [-0.25, -0.2) is 14.6 Å². The van der Waals surface area contributed by atoms with Crippen molar-refractivity contribution in [1.29, 1.82) is 0 Å². The lowest BCUT2D eigenvalue weighted by Gasteiger charge is -2.26. The number of rotatable bonds is 8. The van der Waals surface area contributed by atoms with E-state index in [1.54, 1.807) is 15.2 Å². The topological polar surface area (TPSA) is 89.6 Å². The first kappa shape index (κ1) is 18.2. The maximum absolute atomic E-state index is 13.0. The summed E-state index contributed by atoms with van der Waals surface area (Å²) in [4.78, 5) is 31.1. The van der Waals surface area contributed by atoms with E-state index in [9.17, 15) is 14.7 Å². The minimum atomic E-state index is -1.04. The second-order valence-corrected chi connectivity index (χ2v) is 7.48. The van der Waals surface area contributed by atoms with Gasteiger partial charge in [0.2, 0.25) is 0 Å². The highest BCUT2D eigenvalue weighted by Gasteiger charge is 2.37. The van der Waals surface area contributed by atoms with Gasteiger partial charge in [0.1, 0.15) is 0 Å². The molecule has 1 saturated heterocycles. The van der Waals surface area contributed by atoms with Crippen LogP contribution in [-0.4, -0.2) is 62.4 Å². The Kier molecular flexibility index (Phi) is 5.01. The number of pyridine rings is 1. The quantitative estimate of drug-likeness (QED) is 0.703. The lowest BCUT2D eigenvalue weighted by Crippen LogP contribution is -2.36. The van der Waals surface area contributed by atoms with Gasteiger partial charge in [0, 0.05) is 38.5 Å². The Morgan fingerprint density at radius 2 is 2.15 bits per heavy atom. The molecule has 2 aliphatic rings. The van der Waals surface area contributed by atoms with Crippen molar-refractivity contribution in [3.63, 3.8) is 0 Å². The van der Waals surface area contributed by atoms with Crippen LogP contribution in [0.2, 0.25) is 0 Å². The number of carboxylic acids is 1. The molecule has 0 unspecified atom stereocenters. The van der Waals surface area contributed by atoms with E-state index in [2.05, 4.69) is 9.88 Å². The van der Waals surface area contributed by atoms with Gasteiger partial charge in [-0.2, -0.15) is 0 Å². The van der Waals surface area contributed by atoms with Gasteiger partial charge in [-0.3, -0.25) is 14.0 Å². The summed E-state index contributed by atoms with van der Waals surface area (Å²) in [5.74, 6) is -0.234. The van der Waals surface area contributed by atoms with Gasteiger partial charge < -0.3 is 9.84 Å². The van der Waals surface area contributed by atoms with Crippen LogP contribution in [0.15, 0.2) is 17.1 Å². The monoisotopic (exact) mass is 374 g/mol. The van der Waals surface area contributed by atoms with E-state index in [1.165, 1.54) is 25.5 Å². The van der Waals surface area contributed by atoms with Gasteiger partial charge in [0.05, 0.1) is 24.2 Å². The standard InChI is InChI=1S/C19H26N4O4/c1-2-27-8-7-23-17-16(10-14(11-20-17)18(24)25)22(19(23)26)6-5-21-12-13-3-4-15(21)9-13/h10-11,13,15H,2-9,12H2,1H3,(H,24,25)/t13-,15-/m1/s1. The van der Waals surface area contributed by atoms with Crippen LogP contribution >= 0.6 is 0 Å². The van der Waals surface area contributed by atoms with E-state index in [4.69, 9.17) is 4.74 Å². The van der Waals surface area contributed by atoms with Crippen LogP contribution in [-0.2, 0) is 17.8 Å². The molecule has 2 bridgehead atoms. The van der Waals surface area contributed by atoms with E-state index in [-0.39, 0.29) is 11.3 Å². The summed E-state index contributed by atoms with van der Waals surface area (Å²) in [5.41, 5.74) is 1.05. The van der Waals surface area contributed by atoms with Crippen molar-refractivity contribution in [2.45, 2.75) is 45.3 Å². The Morgan fingerprint density at radius 3 is 2.81 bits per heavy atom. The zero-order valence-electron chi connectivity index (χ0n) is 15.6. The van der Waals surface area contributed by atoms with Gasteiger partial charge in [-0.05, 0) is 38.2 Å². The fourth-order valence-electron chi connectivity index (χ4n) is 4.56. The Labute approximate surface area is 157 Å². The van der Waals surface area contributed by atoms with Crippen molar-refractivity contribution < 1.29 is 14.6 Å². The molecule has 2 atom stereocenters. The third-order valence-corrected chi connectivity index (χ3v) is 5.90. The zero-order chi connectivity index (χ0) is 19.0. The molecule has 0 radical (unpaired) electrons. The lowest BCUT2D eigenvalue weighted by molar-refractivity contribution is 0.0696. The molecular weight excluding hydrogens is 348 g/mol. The molecule has 8 heteroatoms. The average Bonchev–Trinajstić information content (AvgIpc) is 3.34. The van der Waals surface area contributed by atoms with Gasteiger partial charge in [-0.15, -0.1) is 0 Å².